The molecule has 0 aliphatic carbocycles. The van der Waals surface area contributed by atoms with Crippen LogP contribution in [0.1, 0.15) is 30.1 Å². The van der Waals surface area contributed by atoms with Crippen LogP contribution in [0.5, 0.6) is 0 Å². The third kappa shape index (κ3) is 2.43. The molecule has 4 nitrogen and oxygen atoms in total. The van der Waals surface area contributed by atoms with E-state index in [0.29, 0.717) is 30.0 Å². The maximum atomic E-state index is 5.98. The van der Waals surface area contributed by atoms with Gasteiger partial charge in [0.25, 0.3) is 0 Å². The van der Waals surface area contributed by atoms with E-state index in [1.54, 1.807) is 0 Å². The predicted octanol–water partition coefficient (Wildman–Crippen LogP) is 3.56. The molecule has 1 aliphatic rings. The Morgan fingerprint density at radius 3 is 2.45 bits per heavy atom. The molecule has 0 spiro atoms. The van der Waals surface area contributed by atoms with Crippen molar-refractivity contribution in [2.45, 2.75) is 24.1 Å². The summed E-state index contributed by atoms with van der Waals surface area (Å²) in [4.78, 5) is 4.43. The van der Waals surface area contributed by atoms with Gasteiger partial charge in [-0.3, -0.25) is 0 Å². The van der Waals surface area contributed by atoms with Crippen molar-refractivity contribution in [3.05, 3.63) is 46.6 Å². The molecule has 0 N–H and O–H groups in total. The first-order valence-electron chi connectivity index (χ1n) is 6.47. The summed E-state index contributed by atoms with van der Waals surface area (Å²) in [6, 6.07) is 7.81. The summed E-state index contributed by atoms with van der Waals surface area (Å²) in [7, 11) is 0. The molecule has 0 bridgehead atoms. The summed E-state index contributed by atoms with van der Waals surface area (Å²) < 4.78 is 10.7. The topological polar surface area (TPSA) is 48.2 Å². The molecule has 0 radical (unpaired) electrons. The van der Waals surface area contributed by atoms with E-state index in [0.717, 1.165) is 18.4 Å². The highest BCUT2D eigenvalue weighted by Gasteiger charge is 2.40. The highest BCUT2D eigenvalue weighted by molar-refractivity contribution is 6.30. The van der Waals surface area contributed by atoms with Crippen molar-refractivity contribution >= 4 is 23.2 Å². The van der Waals surface area contributed by atoms with Crippen molar-refractivity contribution in [2.24, 2.45) is 0 Å². The Morgan fingerprint density at radius 1 is 1.15 bits per heavy atom. The van der Waals surface area contributed by atoms with E-state index in [1.807, 2.05) is 24.3 Å². The first-order chi connectivity index (χ1) is 9.74. The Bertz CT molecular complexity index is 577. The molecule has 2 heterocycles. The van der Waals surface area contributed by atoms with Crippen LogP contribution in [0, 0.1) is 0 Å². The van der Waals surface area contributed by atoms with Crippen LogP contribution < -0.4 is 0 Å². The van der Waals surface area contributed by atoms with Crippen LogP contribution in [0.4, 0.5) is 0 Å². The molecule has 0 saturated carbocycles. The zero-order valence-electron chi connectivity index (χ0n) is 10.8. The van der Waals surface area contributed by atoms with Crippen molar-refractivity contribution in [1.82, 2.24) is 10.1 Å². The molecule has 1 aromatic heterocycles. The highest BCUT2D eigenvalue weighted by atomic mass is 35.5. The number of hydrogen-bond donors (Lipinski definition) is 0. The lowest BCUT2D eigenvalue weighted by molar-refractivity contribution is 0.0597. The van der Waals surface area contributed by atoms with Gasteiger partial charge in [0.2, 0.25) is 5.89 Å². The number of hydrogen-bond acceptors (Lipinski definition) is 4. The molecular weight excluding hydrogens is 299 g/mol. The molecule has 1 aromatic carbocycles. The van der Waals surface area contributed by atoms with Crippen LogP contribution in [0.2, 0.25) is 5.02 Å². The van der Waals surface area contributed by atoms with Gasteiger partial charge in [0, 0.05) is 18.2 Å². The fourth-order valence-electron chi connectivity index (χ4n) is 2.63. The predicted molar refractivity (Wildman–Crippen MR) is 76.1 cm³/mol. The van der Waals surface area contributed by atoms with Gasteiger partial charge in [0.05, 0.1) is 5.41 Å². The molecule has 2 aromatic rings. The van der Waals surface area contributed by atoms with Crippen molar-refractivity contribution in [3.8, 4) is 0 Å². The lowest BCUT2D eigenvalue weighted by Gasteiger charge is -2.34. The normalized spacial score (nSPS) is 18.1. The highest BCUT2D eigenvalue weighted by Crippen LogP contribution is 2.40. The zero-order valence-corrected chi connectivity index (χ0v) is 12.3. The monoisotopic (exact) mass is 312 g/mol. The SMILES string of the molecule is ClCc1nc(C2(c3ccc(Cl)cc3)CCOCC2)no1. The second-order valence-electron chi connectivity index (χ2n) is 4.85. The summed E-state index contributed by atoms with van der Waals surface area (Å²) in [5.41, 5.74) is 0.850. The Kier molecular flexibility index (Phi) is 3.96. The summed E-state index contributed by atoms with van der Waals surface area (Å²) in [6.45, 7) is 1.35. The van der Waals surface area contributed by atoms with Gasteiger partial charge in [0.15, 0.2) is 5.82 Å². The van der Waals surface area contributed by atoms with Crippen molar-refractivity contribution in [1.29, 1.82) is 0 Å². The van der Waals surface area contributed by atoms with Crippen molar-refractivity contribution in [3.63, 3.8) is 0 Å². The lowest BCUT2D eigenvalue weighted by Crippen LogP contribution is -2.36. The van der Waals surface area contributed by atoms with E-state index < -0.39 is 0 Å². The van der Waals surface area contributed by atoms with Crippen LogP contribution in [-0.2, 0) is 16.0 Å². The van der Waals surface area contributed by atoms with Crippen molar-refractivity contribution in [2.75, 3.05) is 13.2 Å². The molecule has 1 saturated heterocycles. The maximum absolute atomic E-state index is 5.98. The van der Waals surface area contributed by atoms with Gasteiger partial charge < -0.3 is 9.26 Å². The minimum absolute atomic E-state index is 0.222. The molecule has 106 valence electrons. The van der Waals surface area contributed by atoms with Gasteiger partial charge in [-0.2, -0.15) is 4.98 Å². The number of alkyl halides is 1. The van der Waals surface area contributed by atoms with E-state index >= 15 is 0 Å². The Morgan fingerprint density at radius 2 is 1.85 bits per heavy atom. The zero-order chi connectivity index (χ0) is 14.0. The van der Waals surface area contributed by atoms with Gasteiger partial charge in [0.1, 0.15) is 5.88 Å². The number of aromatic nitrogens is 2. The average molecular weight is 313 g/mol. The quantitative estimate of drug-likeness (QED) is 0.813. The van der Waals surface area contributed by atoms with E-state index in [4.69, 9.17) is 32.5 Å². The smallest absolute Gasteiger partial charge is 0.241 e. The fraction of sp³-hybridized carbons (Fsp3) is 0.429. The Hall–Kier alpha value is -1.10. The first kappa shape index (κ1) is 13.9. The average Bonchev–Trinajstić information content (AvgIpc) is 2.98. The Labute approximate surface area is 127 Å². The number of rotatable bonds is 3. The molecule has 1 aliphatic heterocycles. The molecule has 3 rings (SSSR count). The first-order valence-corrected chi connectivity index (χ1v) is 7.39. The van der Waals surface area contributed by atoms with E-state index in [1.165, 1.54) is 0 Å². The summed E-state index contributed by atoms with van der Waals surface area (Å²) in [5, 5.41) is 4.84. The van der Waals surface area contributed by atoms with E-state index in [-0.39, 0.29) is 11.3 Å². The number of benzene rings is 1. The second-order valence-corrected chi connectivity index (χ2v) is 5.55. The van der Waals surface area contributed by atoms with Gasteiger partial charge in [-0.05, 0) is 30.5 Å². The van der Waals surface area contributed by atoms with Gasteiger partial charge >= 0.3 is 0 Å². The molecule has 1 fully saturated rings. The third-order valence-corrected chi connectivity index (χ3v) is 4.23. The molecule has 0 unspecified atom stereocenters. The fourth-order valence-corrected chi connectivity index (χ4v) is 2.87. The molecule has 0 atom stereocenters. The van der Waals surface area contributed by atoms with Crippen molar-refractivity contribution < 1.29 is 9.26 Å². The van der Waals surface area contributed by atoms with Gasteiger partial charge in [-0.15, -0.1) is 11.6 Å². The van der Waals surface area contributed by atoms with Crippen LogP contribution in [-0.4, -0.2) is 23.4 Å². The minimum Gasteiger partial charge on any atom is -0.381 e. The van der Waals surface area contributed by atoms with Crippen LogP contribution in [0.3, 0.4) is 0 Å². The largest absolute Gasteiger partial charge is 0.381 e. The number of nitrogens with zero attached hydrogens (tertiary/aromatic N) is 2. The third-order valence-electron chi connectivity index (χ3n) is 3.75. The van der Waals surface area contributed by atoms with E-state index in [2.05, 4.69) is 10.1 Å². The second kappa shape index (κ2) is 5.72. The van der Waals surface area contributed by atoms with Gasteiger partial charge in [-0.25, -0.2) is 0 Å². The number of halogens is 2. The summed E-state index contributed by atoms with van der Waals surface area (Å²) in [5.74, 6) is 1.35. The van der Waals surface area contributed by atoms with Crippen LogP contribution in [0.15, 0.2) is 28.8 Å². The van der Waals surface area contributed by atoms with Crippen LogP contribution >= 0.6 is 23.2 Å². The van der Waals surface area contributed by atoms with Gasteiger partial charge in [-0.1, -0.05) is 28.9 Å². The van der Waals surface area contributed by atoms with Crippen LogP contribution in [0.25, 0.3) is 0 Å². The minimum atomic E-state index is -0.281. The molecule has 0 amide bonds. The standard InChI is InChI=1S/C14H14Cl2N2O2/c15-9-12-17-13(18-20-12)14(5-7-19-8-6-14)10-1-3-11(16)4-2-10/h1-4H,5-9H2. The molecule has 20 heavy (non-hydrogen) atoms. The summed E-state index contributed by atoms with van der Waals surface area (Å²) in [6.07, 6.45) is 1.63. The van der Waals surface area contributed by atoms with E-state index in [9.17, 15) is 0 Å². The lowest BCUT2D eigenvalue weighted by atomic mass is 9.73. The molecule has 6 heteroatoms. The molecular formula is C14H14Cl2N2O2. The maximum Gasteiger partial charge on any atom is 0.241 e. The Balaban J connectivity index is 2.05. The number of ether oxygens (including phenoxy) is 1. The summed E-state index contributed by atoms with van der Waals surface area (Å²) >= 11 is 11.7.